The predicted molar refractivity (Wildman–Crippen MR) is 97.9 cm³/mol. The molecule has 0 aromatic heterocycles. The van der Waals surface area contributed by atoms with Crippen LogP contribution in [0.3, 0.4) is 0 Å². The van der Waals surface area contributed by atoms with Crippen molar-refractivity contribution in [1.82, 2.24) is 15.5 Å². The summed E-state index contributed by atoms with van der Waals surface area (Å²) in [5, 5.41) is 6.36. The number of likely N-dealkylation sites (tertiary alicyclic amines) is 1. The molecule has 1 atom stereocenters. The summed E-state index contributed by atoms with van der Waals surface area (Å²) in [4.78, 5) is 26.3. The van der Waals surface area contributed by atoms with Crippen LogP contribution in [0, 0.1) is 5.92 Å². The standard InChI is InChI=1S/C18H25N3O3.ClH/c22-17(13-24-16-4-2-1-3-5-16)21-10-7-14(8-11-21)18(23)20-15-6-9-19-12-15;/h1-5,14-15,19H,6-13H2,(H,20,23);1H. The molecule has 2 heterocycles. The van der Waals surface area contributed by atoms with Crippen molar-refractivity contribution in [3.63, 3.8) is 0 Å². The zero-order valence-corrected chi connectivity index (χ0v) is 15.1. The first-order chi connectivity index (χ1) is 11.7. The Morgan fingerprint density at radius 2 is 1.88 bits per heavy atom. The van der Waals surface area contributed by atoms with Crippen molar-refractivity contribution in [2.45, 2.75) is 25.3 Å². The summed E-state index contributed by atoms with van der Waals surface area (Å²) in [5.74, 6) is 0.837. The molecule has 0 saturated carbocycles. The number of benzene rings is 1. The van der Waals surface area contributed by atoms with Gasteiger partial charge in [0.1, 0.15) is 5.75 Å². The minimum Gasteiger partial charge on any atom is -0.484 e. The molecule has 0 aliphatic carbocycles. The first kappa shape index (κ1) is 19.5. The highest BCUT2D eigenvalue weighted by molar-refractivity contribution is 5.85. The number of amides is 2. The van der Waals surface area contributed by atoms with Crippen molar-refractivity contribution in [2.75, 3.05) is 32.8 Å². The van der Waals surface area contributed by atoms with Crippen LogP contribution >= 0.6 is 12.4 Å². The van der Waals surface area contributed by atoms with Crippen LogP contribution < -0.4 is 15.4 Å². The maximum absolute atomic E-state index is 12.3. The Balaban J connectivity index is 0.00000225. The second-order valence-corrected chi connectivity index (χ2v) is 6.46. The minimum absolute atomic E-state index is 0. The summed E-state index contributed by atoms with van der Waals surface area (Å²) in [6, 6.07) is 9.60. The monoisotopic (exact) mass is 367 g/mol. The number of carbonyl (C=O) groups is 2. The third kappa shape index (κ3) is 5.61. The van der Waals surface area contributed by atoms with E-state index in [1.54, 1.807) is 4.90 Å². The lowest BCUT2D eigenvalue weighted by Crippen LogP contribution is -2.46. The van der Waals surface area contributed by atoms with E-state index in [2.05, 4.69) is 10.6 Å². The molecule has 138 valence electrons. The van der Waals surface area contributed by atoms with Crippen molar-refractivity contribution in [1.29, 1.82) is 0 Å². The first-order valence-electron chi connectivity index (χ1n) is 8.69. The number of nitrogens with zero attached hydrogens (tertiary/aromatic N) is 1. The lowest BCUT2D eigenvalue weighted by Gasteiger charge is -2.31. The van der Waals surface area contributed by atoms with Gasteiger partial charge in [0.15, 0.2) is 6.61 Å². The maximum atomic E-state index is 12.3. The van der Waals surface area contributed by atoms with Gasteiger partial charge in [-0.1, -0.05) is 18.2 Å². The SMILES string of the molecule is Cl.O=C(NC1CCNC1)C1CCN(C(=O)COc2ccccc2)CC1. The molecular weight excluding hydrogens is 342 g/mol. The average molecular weight is 368 g/mol. The van der Waals surface area contributed by atoms with Crippen LogP contribution in [-0.2, 0) is 9.59 Å². The molecule has 2 fully saturated rings. The largest absolute Gasteiger partial charge is 0.484 e. The highest BCUT2D eigenvalue weighted by Crippen LogP contribution is 2.18. The van der Waals surface area contributed by atoms with Gasteiger partial charge in [0.25, 0.3) is 5.91 Å². The zero-order chi connectivity index (χ0) is 16.8. The number of hydrogen-bond donors (Lipinski definition) is 2. The molecule has 2 aliphatic rings. The molecule has 1 aromatic rings. The lowest BCUT2D eigenvalue weighted by atomic mass is 9.95. The van der Waals surface area contributed by atoms with Crippen LogP contribution in [0.25, 0.3) is 0 Å². The van der Waals surface area contributed by atoms with Crippen molar-refractivity contribution in [2.24, 2.45) is 5.92 Å². The van der Waals surface area contributed by atoms with Crippen LogP contribution in [-0.4, -0.2) is 55.5 Å². The van der Waals surface area contributed by atoms with Gasteiger partial charge >= 0.3 is 0 Å². The van der Waals surface area contributed by atoms with E-state index >= 15 is 0 Å². The van der Waals surface area contributed by atoms with E-state index in [0.717, 1.165) is 32.4 Å². The van der Waals surface area contributed by atoms with Crippen LogP contribution in [0.15, 0.2) is 30.3 Å². The summed E-state index contributed by atoms with van der Waals surface area (Å²) in [7, 11) is 0. The molecule has 1 unspecified atom stereocenters. The molecule has 25 heavy (non-hydrogen) atoms. The average Bonchev–Trinajstić information content (AvgIpc) is 3.13. The number of para-hydroxylation sites is 1. The Morgan fingerprint density at radius 3 is 2.52 bits per heavy atom. The number of hydrogen-bond acceptors (Lipinski definition) is 4. The molecule has 2 saturated heterocycles. The number of ether oxygens (including phenoxy) is 1. The lowest BCUT2D eigenvalue weighted by molar-refractivity contribution is -0.137. The van der Waals surface area contributed by atoms with Crippen molar-refractivity contribution < 1.29 is 14.3 Å². The van der Waals surface area contributed by atoms with Crippen LogP contribution in [0.2, 0.25) is 0 Å². The Morgan fingerprint density at radius 1 is 1.16 bits per heavy atom. The minimum atomic E-state index is -0.0160. The summed E-state index contributed by atoms with van der Waals surface area (Å²) < 4.78 is 5.51. The Kier molecular flexibility index (Phi) is 7.52. The molecule has 0 spiro atoms. The van der Waals surface area contributed by atoms with Crippen LogP contribution in [0.1, 0.15) is 19.3 Å². The van der Waals surface area contributed by atoms with Crippen molar-refractivity contribution in [3.05, 3.63) is 30.3 Å². The van der Waals surface area contributed by atoms with Gasteiger partial charge in [0.05, 0.1) is 0 Å². The molecule has 6 nitrogen and oxygen atoms in total. The molecular formula is C18H26ClN3O3. The molecule has 1 aromatic carbocycles. The molecule has 0 radical (unpaired) electrons. The molecule has 0 bridgehead atoms. The number of piperidine rings is 1. The summed E-state index contributed by atoms with van der Waals surface area (Å²) in [5.41, 5.74) is 0. The topological polar surface area (TPSA) is 70.7 Å². The summed E-state index contributed by atoms with van der Waals surface area (Å²) in [6.07, 6.45) is 2.45. The van der Waals surface area contributed by atoms with E-state index in [0.29, 0.717) is 18.8 Å². The van der Waals surface area contributed by atoms with Gasteiger partial charge in [0, 0.05) is 31.6 Å². The van der Waals surface area contributed by atoms with Gasteiger partial charge < -0.3 is 20.3 Å². The van der Waals surface area contributed by atoms with Crippen molar-refractivity contribution >= 4 is 24.2 Å². The number of carbonyl (C=O) groups excluding carboxylic acids is 2. The van der Waals surface area contributed by atoms with Gasteiger partial charge in [0.2, 0.25) is 5.91 Å². The van der Waals surface area contributed by atoms with E-state index < -0.39 is 0 Å². The third-order valence-electron chi connectivity index (χ3n) is 4.73. The van der Waals surface area contributed by atoms with Crippen LogP contribution in [0.5, 0.6) is 5.75 Å². The molecule has 2 N–H and O–H groups in total. The molecule has 7 heteroatoms. The van der Waals surface area contributed by atoms with Gasteiger partial charge in [-0.25, -0.2) is 0 Å². The Bertz CT molecular complexity index is 556. The van der Waals surface area contributed by atoms with Gasteiger partial charge in [-0.15, -0.1) is 12.4 Å². The number of nitrogens with one attached hydrogen (secondary N) is 2. The Labute approximate surface area is 154 Å². The zero-order valence-electron chi connectivity index (χ0n) is 14.3. The second-order valence-electron chi connectivity index (χ2n) is 6.46. The fourth-order valence-corrected chi connectivity index (χ4v) is 3.24. The van der Waals surface area contributed by atoms with Gasteiger partial charge in [-0.05, 0) is 37.9 Å². The van der Waals surface area contributed by atoms with E-state index in [1.165, 1.54) is 0 Å². The first-order valence-corrected chi connectivity index (χ1v) is 8.69. The molecule has 3 rings (SSSR count). The quantitative estimate of drug-likeness (QED) is 0.820. The van der Waals surface area contributed by atoms with Crippen LogP contribution in [0.4, 0.5) is 0 Å². The highest BCUT2D eigenvalue weighted by atomic mass is 35.5. The van der Waals surface area contributed by atoms with Crippen molar-refractivity contribution in [3.8, 4) is 5.75 Å². The fraction of sp³-hybridized carbons (Fsp3) is 0.556. The smallest absolute Gasteiger partial charge is 0.260 e. The van der Waals surface area contributed by atoms with E-state index in [1.807, 2.05) is 30.3 Å². The van der Waals surface area contributed by atoms with E-state index in [9.17, 15) is 9.59 Å². The van der Waals surface area contributed by atoms with E-state index in [-0.39, 0.29) is 42.8 Å². The third-order valence-corrected chi connectivity index (χ3v) is 4.73. The molecule has 2 amide bonds. The number of halogens is 1. The van der Waals surface area contributed by atoms with E-state index in [4.69, 9.17) is 4.74 Å². The normalized spacial score (nSPS) is 20.6. The Hall–Kier alpha value is -1.79. The van der Waals surface area contributed by atoms with Gasteiger partial charge in [-0.3, -0.25) is 9.59 Å². The summed E-state index contributed by atoms with van der Waals surface area (Å²) in [6.45, 7) is 3.13. The summed E-state index contributed by atoms with van der Waals surface area (Å²) >= 11 is 0. The highest BCUT2D eigenvalue weighted by Gasteiger charge is 2.29. The number of rotatable bonds is 5. The van der Waals surface area contributed by atoms with Gasteiger partial charge in [-0.2, -0.15) is 0 Å². The molecule has 2 aliphatic heterocycles. The fourth-order valence-electron chi connectivity index (χ4n) is 3.24. The second kappa shape index (κ2) is 9.63. The maximum Gasteiger partial charge on any atom is 0.260 e. The predicted octanol–water partition coefficient (Wildman–Crippen LogP) is 1.20.